The molecule has 0 aliphatic heterocycles. The van der Waals surface area contributed by atoms with Crippen molar-refractivity contribution in [2.45, 2.75) is 4.90 Å². The molecule has 1 N–H and O–H groups in total. The average molecular weight is 298 g/mol. The zero-order chi connectivity index (χ0) is 14.2. The number of rotatable bonds is 3. The van der Waals surface area contributed by atoms with Gasteiger partial charge in [-0.15, -0.1) is 0 Å². The summed E-state index contributed by atoms with van der Waals surface area (Å²) in [5.41, 5.74) is -0.197. The molecule has 1 heterocycles. The van der Waals surface area contributed by atoms with Crippen LogP contribution in [0.1, 0.15) is 0 Å². The van der Waals surface area contributed by atoms with Gasteiger partial charge in [-0.25, -0.2) is 15.0 Å². The van der Waals surface area contributed by atoms with Gasteiger partial charge in [-0.2, -0.15) is 0 Å². The van der Waals surface area contributed by atoms with Crippen molar-refractivity contribution in [2.75, 3.05) is 5.32 Å². The third-order valence-corrected chi connectivity index (χ3v) is 3.17. The number of nitrogens with zero attached hydrogens (tertiary/aromatic N) is 3. The van der Waals surface area contributed by atoms with Gasteiger partial charge in [0.15, 0.2) is 0 Å². The molecule has 2 rings (SSSR count). The minimum Gasteiger partial charge on any atom is -0.324 e. The smallest absolute Gasteiger partial charge is 0.310 e. The summed E-state index contributed by atoms with van der Waals surface area (Å²) in [6.45, 7) is 0. The number of nitrogens with one attached hydrogen (secondary N) is 1. The second kappa shape index (κ2) is 3.53. The van der Waals surface area contributed by atoms with Crippen molar-refractivity contribution < 1.29 is 19.4 Å². The fourth-order valence-electron chi connectivity index (χ4n) is 1.25. The summed E-state index contributed by atoms with van der Waals surface area (Å²) in [7, 11) is -9.68. The Labute approximate surface area is 104 Å². The molecule has 0 atom stereocenters. The van der Waals surface area contributed by atoms with Crippen LogP contribution in [0.2, 0.25) is 0 Å². The molecular formula is C9H7F5N4S. The first-order chi connectivity index (χ1) is 8.54. The van der Waals surface area contributed by atoms with Crippen LogP contribution in [0.4, 0.5) is 31.1 Å². The first kappa shape index (κ1) is 13.5. The van der Waals surface area contributed by atoms with Gasteiger partial charge in [-0.05, 0) is 18.2 Å². The molecule has 0 radical (unpaired) electrons. The molecule has 0 aliphatic rings. The molecule has 104 valence electrons. The van der Waals surface area contributed by atoms with E-state index in [1.807, 2.05) is 0 Å². The summed E-state index contributed by atoms with van der Waals surface area (Å²) in [6.07, 6.45) is 2.23. The second-order valence-electron chi connectivity index (χ2n) is 3.58. The van der Waals surface area contributed by atoms with Crippen molar-refractivity contribution in [2.24, 2.45) is 0 Å². The molecule has 0 bridgehead atoms. The van der Waals surface area contributed by atoms with E-state index in [1.165, 1.54) is 6.07 Å². The fraction of sp³-hybridized carbons (Fsp3) is 0. The molecular weight excluding hydrogens is 291 g/mol. The van der Waals surface area contributed by atoms with Crippen LogP contribution in [0, 0.1) is 0 Å². The monoisotopic (exact) mass is 298 g/mol. The molecule has 0 fully saturated rings. The number of anilines is 2. The average Bonchev–Trinajstić information content (AvgIpc) is 2.28. The highest BCUT2D eigenvalue weighted by molar-refractivity contribution is 8.45. The SMILES string of the molecule is FS(F)(F)(F)(F)c1cccc(Nc2ncncn2)c1. The van der Waals surface area contributed by atoms with E-state index in [9.17, 15) is 19.4 Å². The molecule has 10 heteroatoms. The van der Waals surface area contributed by atoms with Gasteiger partial charge in [0.25, 0.3) is 0 Å². The lowest BCUT2D eigenvalue weighted by Crippen LogP contribution is -2.06. The summed E-state index contributed by atoms with van der Waals surface area (Å²) in [4.78, 5) is 8.75. The topological polar surface area (TPSA) is 50.7 Å². The molecule has 0 amide bonds. The van der Waals surface area contributed by atoms with Crippen molar-refractivity contribution in [1.29, 1.82) is 0 Å². The Bertz CT molecular complexity index is 601. The molecule has 4 nitrogen and oxygen atoms in total. The van der Waals surface area contributed by atoms with Crippen molar-refractivity contribution in [3.05, 3.63) is 36.9 Å². The maximum absolute atomic E-state index is 12.6. The molecule has 0 saturated carbocycles. The lowest BCUT2D eigenvalue weighted by molar-refractivity contribution is 0.364. The molecule has 0 unspecified atom stereocenters. The maximum atomic E-state index is 12.6. The quantitative estimate of drug-likeness (QED) is 0.860. The van der Waals surface area contributed by atoms with Crippen LogP contribution in [0.3, 0.4) is 0 Å². The van der Waals surface area contributed by atoms with Crippen molar-refractivity contribution >= 4 is 21.9 Å². The summed E-state index contributed by atoms with van der Waals surface area (Å²) >= 11 is 0. The third-order valence-electron chi connectivity index (χ3n) is 2.03. The predicted molar refractivity (Wildman–Crippen MR) is 60.9 cm³/mol. The van der Waals surface area contributed by atoms with E-state index in [0.717, 1.165) is 18.7 Å². The first-order valence-electron chi connectivity index (χ1n) is 4.78. The van der Waals surface area contributed by atoms with Crippen LogP contribution in [-0.2, 0) is 0 Å². The number of halogens is 5. The molecule has 0 saturated heterocycles. The number of aromatic nitrogens is 3. The summed E-state index contributed by atoms with van der Waals surface area (Å²) < 4.78 is 63.0. The van der Waals surface area contributed by atoms with Crippen molar-refractivity contribution in [1.82, 2.24) is 15.0 Å². The maximum Gasteiger partial charge on any atom is 0.310 e. The molecule has 2 aromatic rings. The second-order valence-corrected chi connectivity index (χ2v) is 5.99. The normalized spacial score (nSPS) is 15.4. The van der Waals surface area contributed by atoms with Gasteiger partial charge in [-0.3, -0.25) is 0 Å². The van der Waals surface area contributed by atoms with Crippen LogP contribution in [0.5, 0.6) is 0 Å². The Morgan fingerprint density at radius 1 is 0.947 bits per heavy atom. The highest BCUT2D eigenvalue weighted by Gasteiger charge is 2.65. The van der Waals surface area contributed by atoms with Crippen LogP contribution >= 0.6 is 10.2 Å². The highest BCUT2D eigenvalue weighted by atomic mass is 32.5. The Hall–Kier alpha value is -1.97. The lowest BCUT2D eigenvalue weighted by atomic mass is 10.3. The number of hydrogen-bond donors (Lipinski definition) is 1. The fourth-order valence-corrected chi connectivity index (χ4v) is 1.93. The summed E-state index contributed by atoms with van der Waals surface area (Å²) in [5, 5.41) is 2.37. The summed E-state index contributed by atoms with van der Waals surface area (Å²) in [6, 6.07) is 2.69. The van der Waals surface area contributed by atoms with E-state index in [-0.39, 0.29) is 11.6 Å². The molecule has 1 aromatic carbocycles. The van der Waals surface area contributed by atoms with Gasteiger partial charge in [0, 0.05) is 5.69 Å². The van der Waals surface area contributed by atoms with Crippen LogP contribution in [-0.4, -0.2) is 15.0 Å². The van der Waals surface area contributed by atoms with Crippen LogP contribution in [0.25, 0.3) is 0 Å². The van der Waals surface area contributed by atoms with Gasteiger partial charge in [0.05, 0.1) is 0 Å². The minimum atomic E-state index is -9.68. The minimum absolute atomic E-state index is 0.0469. The number of hydrogen-bond acceptors (Lipinski definition) is 4. The van der Waals surface area contributed by atoms with E-state index in [0.29, 0.717) is 12.1 Å². The van der Waals surface area contributed by atoms with Crippen molar-refractivity contribution in [3.8, 4) is 0 Å². The van der Waals surface area contributed by atoms with Gasteiger partial charge >= 0.3 is 10.2 Å². The van der Waals surface area contributed by atoms with Gasteiger partial charge < -0.3 is 5.32 Å². The van der Waals surface area contributed by atoms with E-state index < -0.39 is 15.1 Å². The first-order valence-corrected chi connectivity index (χ1v) is 6.73. The van der Waals surface area contributed by atoms with Crippen LogP contribution in [0.15, 0.2) is 41.8 Å². The molecule has 1 aromatic heterocycles. The zero-order valence-corrected chi connectivity index (χ0v) is 9.92. The largest absolute Gasteiger partial charge is 0.324 e. The van der Waals surface area contributed by atoms with Crippen molar-refractivity contribution in [3.63, 3.8) is 0 Å². The van der Waals surface area contributed by atoms with Gasteiger partial charge in [-0.1, -0.05) is 25.5 Å². The van der Waals surface area contributed by atoms with E-state index >= 15 is 0 Å². The zero-order valence-electron chi connectivity index (χ0n) is 9.10. The molecule has 19 heavy (non-hydrogen) atoms. The molecule has 0 spiro atoms. The standard InChI is InChI=1S/C9H7F5N4S/c10-19(11,12,13,14)8-3-1-2-7(4-8)18-9-16-5-15-6-17-9/h1-6H,(H,15,16,17,18). The lowest BCUT2D eigenvalue weighted by Gasteiger charge is -2.40. The Balaban J connectivity index is 2.37. The van der Waals surface area contributed by atoms with Gasteiger partial charge in [0.2, 0.25) is 5.95 Å². The van der Waals surface area contributed by atoms with Crippen LogP contribution < -0.4 is 5.32 Å². The predicted octanol–water partition coefficient (Wildman–Crippen LogP) is 4.27. The van der Waals surface area contributed by atoms with E-state index in [2.05, 4.69) is 20.3 Å². The third kappa shape index (κ3) is 3.50. The van der Waals surface area contributed by atoms with E-state index in [1.54, 1.807) is 0 Å². The highest BCUT2D eigenvalue weighted by Crippen LogP contribution is 3.02. The molecule has 0 aliphatic carbocycles. The Kier molecular flexibility index (Phi) is 2.50. The Morgan fingerprint density at radius 2 is 1.58 bits per heavy atom. The Morgan fingerprint density at radius 3 is 2.16 bits per heavy atom. The summed E-state index contributed by atoms with van der Waals surface area (Å²) in [5.74, 6) is -0.0469. The number of benzene rings is 1. The van der Waals surface area contributed by atoms with E-state index in [4.69, 9.17) is 0 Å². The van der Waals surface area contributed by atoms with Gasteiger partial charge in [0.1, 0.15) is 17.6 Å².